The second-order valence-electron chi connectivity index (χ2n) is 5.24. The first-order valence-corrected chi connectivity index (χ1v) is 8.40. The summed E-state index contributed by atoms with van der Waals surface area (Å²) in [5.41, 5.74) is 3.62. The first kappa shape index (κ1) is 14.9. The van der Waals surface area contributed by atoms with E-state index in [-0.39, 0.29) is 0 Å². The van der Waals surface area contributed by atoms with E-state index in [1.54, 1.807) is 0 Å². The van der Waals surface area contributed by atoms with Crippen LogP contribution in [0.15, 0.2) is 75.6 Å². The highest BCUT2D eigenvalue weighted by atomic mass is 32.2. The van der Waals surface area contributed by atoms with Crippen molar-refractivity contribution in [2.45, 2.75) is 25.3 Å². The zero-order valence-corrected chi connectivity index (χ0v) is 13.8. The molecule has 0 bridgehead atoms. The molecule has 0 amide bonds. The molecule has 0 unspecified atom stereocenters. The largest absolute Gasteiger partial charge is 0.335 e. The normalized spacial score (nSPS) is 16.2. The predicted octanol–water partition coefficient (Wildman–Crippen LogP) is 5.12. The van der Waals surface area contributed by atoms with Crippen molar-refractivity contribution in [2.75, 3.05) is 11.4 Å². The summed E-state index contributed by atoms with van der Waals surface area (Å²) < 4.78 is 0. The average Bonchev–Trinajstić information content (AvgIpc) is 2.91. The summed E-state index contributed by atoms with van der Waals surface area (Å²) in [6.07, 6.45) is 2.19. The first-order chi connectivity index (χ1) is 10.8. The van der Waals surface area contributed by atoms with Crippen molar-refractivity contribution in [3.8, 4) is 0 Å². The minimum atomic E-state index is 0.736. The van der Waals surface area contributed by atoms with Gasteiger partial charge in [-0.3, -0.25) is 4.99 Å². The summed E-state index contributed by atoms with van der Waals surface area (Å²) in [5.74, 6) is 0. The van der Waals surface area contributed by atoms with Crippen LogP contribution in [0.2, 0.25) is 0 Å². The van der Waals surface area contributed by atoms with Crippen LogP contribution in [0.1, 0.15) is 19.4 Å². The van der Waals surface area contributed by atoms with Gasteiger partial charge in [-0.2, -0.15) is 0 Å². The smallest absolute Gasteiger partial charge is 0.0819 e. The first-order valence-electron chi connectivity index (χ1n) is 7.59. The average molecular weight is 308 g/mol. The zero-order valence-electron chi connectivity index (χ0n) is 13.0. The molecule has 0 aromatic heterocycles. The van der Waals surface area contributed by atoms with Crippen LogP contribution in [0.3, 0.4) is 0 Å². The van der Waals surface area contributed by atoms with E-state index in [1.807, 2.05) is 17.8 Å². The van der Waals surface area contributed by atoms with E-state index in [0.29, 0.717) is 0 Å². The number of hydrogen-bond donors (Lipinski definition) is 0. The van der Waals surface area contributed by atoms with Crippen LogP contribution in [0.5, 0.6) is 0 Å². The fourth-order valence-electron chi connectivity index (χ4n) is 2.51. The van der Waals surface area contributed by atoms with Crippen molar-refractivity contribution < 1.29 is 0 Å². The number of benzene rings is 2. The summed E-state index contributed by atoms with van der Waals surface area (Å²) in [4.78, 5) is 8.36. The summed E-state index contributed by atoms with van der Waals surface area (Å²) in [5, 5.41) is 1.26. The standard InChI is InChI=1S/C19H20N2S/c1-3-21-17-11-7-8-12-18(17)22-19(21)13-15(2)20-14-16-9-5-4-6-10-16/h4-13H,3,14H2,1-2H3. The number of nitrogens with zero attached hydrogens (tertiary/aromatic N) is 2. The molecule has 0 saturated heterocycles. The third-order valence-electron chi connectivity index (χ3n) is 3.64. The van der Waals surface area contributed by atoms with Gasteiger partial charge in [0.2, 0.25) is 0 Å². The Balaban J connectivity index is 1.77. The van der Waals surface area contributed by atoms with E-state index in [4.69, 9.17) is 0 Å². The van der Waals surface area contributed by atoms with Gasteiger partial charge in [0.1, 0.15) is 0 Å². The maximum Gasteiger partial charge on any atom is 0.0819 e. The molecule has 112 valence electrons. The van der Waals surface area contributed by atoms with Crippen molar-refractivity contribution in [3.63, 3.8) is 0 Å². The molecule has 1 heterocycles. The Hall–Kier alpha value is -2.00. The number of anilines is 1. The van der Waals surface area contributed by atoms with Crippen LogP contribution in [0.25, 0.3) is 0 Å². The Kier molecular flexibility index (Phi) is 4.64. The molecule has 1 aliphatic rings. The monoisotopic (exact) mass is 308 g/mol. The van der Waals surface area contributed by atoms with Gasteiger partial charge in [-0.25, -0.2) is 0 Å². The molecule has 3 heteroatoms. The molecule has 3 rings (SSSR count). The molecule has 0 fully saturated rings. The van der Waals surface area contributed by atoms with Gasteiger partial charge in [-0.15, -0.1) is 0 Å². The van der Waals surface area contributed by atoms with Crippen LogP contribution in [0, 0.1) is 0 Å². The van der Waals surface area contributed by atoms with Gasteiger partial charge >= 0.3 is 0 Å². The third kappa shape index (κ3) is 3.25. The summed E-state index contributed by atoms with van der Waals surface area (Å²) in [6.45, 7) is 5.97. The van der Waals surface area contributed by atoms with Crippen molar-refractivity contribution in [3.05, 3.63) is 71.3 Å². The van der Waals surface area contributed by atoms with Crippen LogP contribution in [-0.4, -0.2) is 12.3 Å². The second kappa shape index (κ2) is 6.84. The lowest BCUT2D eigenvalue weighted by Crippen LogP contribution is -2.17. The maximum absolute atomic E-state index is 4.69. The third-order valence-corrected chi connectivity index (χ3v) is 4.75. The van der Waals surface area contributed by atoms with Gasteiger partial charge in [-0.05, 0) is 37.6 Å². The van der Waals surface area contributed by atoms with Crippen molar-refractivity contribution >= 4 is 23.2 Å². The molecule has 2 aromatic rings. The number of rotatable bonds is 4. The number of para-hydroxylation sites is 1. The topological polar surface area (TPSA) is 15.6 Å². The van der Waals surface area contributed by atoms with Gasteiger partial charge in [0.05, 0.1) is 17.3 Å². The lowest BCUT2D eigenvalue weighted by molar-refractivity contribution is 1.00. The molecule has 0 saturated carbocycles. The van der Waals surface area contributed by atoms with Crippen LogP contribution in [0.4, 0.5) is 5.69 Å². The molecule has 2 aromatic carbocycles. The van der Waals surface area contributed by atoms with Crippen LogP contribution >= 0.6 is 11.8 Å². The molecule has 22 heavy (non-hydrogen) atoms. The highest BCUT2D eigenvalue weighted by molar-refractivity contribution is 8.03. The number of fused-ring (bicyclic) bond motifs is 1. The fraction of sp³-hybridized carbons (Fsp3) is 0.211. The molecule has 0 atom stereocenters. The molecule has 0 N–H and O–H groups in total. The Morgan fingerprint density at radius 1 is 1.09 bits per heavy atom. The van der Waals surface area contributed by atoms with E-state index in [0.717, 1.165) is 18.8 Å². The highest BCUT2D eigenvalue weighted by Crippen LogP contribution is 2.45. The Labute approximate surface area is 136 Å². The fourth-order valence-corrected chi connectivity index (χ4v) is 3.73. The van der Waals surface area contributed by atoms with E-state index < -0.39 is 0 Å². The van der Waals surface area contributed by atoms with Crippen molar-refractivity contribution in [1.82, 2.24) is 0 Å². The van der Waals surface area contributed by atoms with Crippen LogP contribution < -0.4 is 4.90 Å². The van der Waals surface area contributed by atoms with Gasteiger partial charge in [0.25, 0.3) is 0 Å². The highest BCUT2D eigenvalue weighted by Gasteiger charge is 2.23. The van der Waals surface area contributed by atoms with Gasteiger partial charge in [0.15, 0.2) is 0 Å². The Bertz CT molecular complexity index is 704. The van der Waals surface area contributed by atoms with Crippen molar-refractivity contribution in [2.24, 2.45) is 4.99 Å². The predicted molar refractivity (Wildman–Crippen MR) is 96.7 cm³/mol. The minimum Gasteiger partial charge on any atom is -0.335 e. The lowest BCUT2D eigenvalue weighted by Gasteiger charge is -2.17. The summed E-state index contributed by atoms with van der Waals surface area (Å²) >= 11 is 1.83. The summed E-state index contributed by atoms with van der Waals surface area (Å²) in [7, 11) is 0. The number of aliphatic imine (C=N–C) groups is 1. The Morgan fingerprint density at radius 3 is 2.59 bits per heavy atom. The number of allylic oxidation sites excluding steroid dienone is 1. The van der Waals surface area contributed by atoms with Gasteiger partial charge < -0.3 is 4.90 Å². The maximum atomic E-state index is 4.69. The molecule has 0 spiro atoms. The van der Waals surface area contributed by atoms with E-state index in [2.05, 4.69) is 78.3 Å². The molecule has 0 aliphatic carbocycles. The molecule has 1 aliphatic heterocycles. The van der Waals surface area contributed by atoms with E-state index in [9.17, 15) is 0 Å². The SMILES string of the molecule is CCN1C(=CC(C)=NCc2ccccc2)Sc2ccccc21. The van der Waals surface area contributed by atoms with Crippen LogP contribution in [-0.2, 0) is 6.54 Å². The summed E-state index contributed by atoms with van der Waals surface area (Å²) in [6, 6.07) is 18.9. The molecule has 2 nitrogen and oxygen atoms in total. The Morgan fingerprint density at radius 2 is 1.82 bits per heavy atom. The van der Waals surface area contributed by atoms with E-state index >= 15 is 0 Å². The quantitative estimate of drug-likeness (QED) is 0.728. The van der Waals surface area contributed by atoms with Gasteiger partial charge in [0, 0.05) is 17.2 Å². The molecular weight excluding hydrogens is 288 g/mol. The zero-order chi connectivity index (χ0) is 15.4. The second-order valence-corrected chi connectivity index (χ2v) is 6.30. The number of thioether (sulfide) groups is 1. The van der Waals surface area contributed by atoms with Crippen molar-refractivity contribution in [1.29, 1.82) is 0 Å². The molecule has 0 radical (unpaired) electrons. The van der Waals surface area contributed by atoms with E-state index in [1.165, 1.54) is 21.2 Å². The lowest BCUT2D eigenvalue weighted by atomic mass is 10.2. The minimum absolute atomic E-state index is 0.736. The number of hydrogen-bond acceptors (Lipinski definition) is 3. The molecular formula is C19H20N2S. The van der Waals surface area contributed by atoms with Gasteiger partial charge in [-0.1, -0.05) is 54.2 Å².